The van der Waals surface area contributed by atoms with Gasteiger partial charge in [0.15, 0.2) is 0 Å². The largest absolute Gasteiger partial charge is 0.497 e. The van der Waals surface area contributed by atoms with Crippen LogP contribution < -0.4 is 14.8 Å². The average Bonchev–Trinajstić information content (AvgIpc) is 2.36. The van der Waals surface area contributed by atoms with Gasteiger partial charge in [-0.05, 0) is 45.2 Å². The third-order valence-electron chi connectivity index (χ3n) is 3.54. The van der Waals surface area contributed by atoms with Gasteiger partial charge in [0, 0.05) is 17.2 Å². The number of hydrogen-bond donors (Lipinski definition) is 1. The zero-order chi connectivity index (χ0) is 15.4. The molecule has 0 bridgehead atoms. The molecule has 3 nitrogen and oxygen atoms in total. The first kappa shape index (κ1) is 16.8. The zero-order valence-corrected chi connectivity index (χ0v) is 14.0. The Labute approximate surface area is 123 Å². The predicted octanol–water partition coefficient (Wildman–Crippen LogP) is 3.76. The summed E-state index contributed by atoms with van der Waals surface area (Å²) < 4.78 is 10.8. The van der Waals surface area contributed by atoms with Crippen molar-refractivity contribution < 1.29 is 9.47 Å². The van der Waals surface area contributed by atoms with Crippen LogP contribution in [-0.4, -0.2) is 26.3 Å². The van der Waals surface area contributed by atoms with E-state index in [4.69, 9.17) is 9.47 Å². The van der Waals surface area contributed by atoms with E-state index in [9.17, 15) is 0 Å². The number of nitrogens with one attached hydrogen (secondary N) is 1. The molecule has 0 aliphatic heterocycles. The standard InChI is InChI=1S/C17H29NO2/c1-16(2,3)18-11-10-17(4,5)14-9-8-13(19-6)12-15(14)20-7/h8-9,12,18H,10-11H2,1-7H3. The minimum atomic E-state index is 0.0515. The van der Waals surface area contributed by atoms with Crippen LogP contribution >= 0.6 is 0 Å². The molecule has 1 aromatic carbocycles. The van der Waals surface area contributed by atoms with E-state index in [1.807, 2.05) is 12.1 Å². The van der Waals surface area contributed by atoms with Gasteiger partial charge >= 0.3 is 0 Å². The Balaban J connectivity index is 2.85. The molecule has 20 heavy (non-hydrogen) atoms. The average molecular weight is 279 g/mol. The molecule has 0 saturated heterocycles. The maximum atomic E-state index is 5.52. The fraction of sp³-hybridized carbons (Fsp3) is 0.647. The Morgan fingerprint density at radius 2 is 1.65 bits per heavy atom. The lowest BCUT2D eigenvalue weighted by molar-refractivity contribution is 0.356. The van der Waals surface area contributed by atoms with Crippen molar-refractivity contribution in [1.82, 2.24) is 5.32 Å². The van der Waals surface area contributed by atoms with Crippen molar-refractivity contribution in [2.45, 2.75) is 52.0 Å². The SMILES string of the molecule is COc1ccc(C(C)(C)CCNC(C)(C)C)c(OC)c1. The smallest absolute Gasteiger partial charge is 0.126 e. The van der Waals surface area contributed by atoms with Gasteiger partial charge in [-0.3, -0.25) is 0 Å². The molecule has 1 rings (SSSR count). The summed E-state index contributed by atoms with van der Waals surface area (Å²) in [5.41, 5.74) is 1.42. The molecule has 0 aliphatic carbocycles. The molecular weight excluding hydrogens is 250 g/mol. The highest BCUT2D eigenvalue weighted by Gasteiger charge is 2.25. The summed E-state index contributed by atoms with van der Waals surface area (Å²) in [5, 5.41) is 3.54. The molecule has 0 heterocycles. The van der Waals surface area contributed by atoms with E-state index in [1.165, 1.54) is 5.56 Å². The lowest BCUT2D eigenvalue weighted by Gasteiger charge is -2.29. The minimum absolute atomic E-state index is 0.0515. The van der Waals surface area contributed by atoms with Gasteiger partial charge in [-0.25, -0.2) is 0 Å². The molecule has 0 atom stereocenters. The minimum Gasteiger partial charge on any atom is -0.497 e. The lowest BCUT2D eigenvalue weighted by atomic mass is 9.80. The Morgan fingerprint density at radius 1 is 1.00 bits per heavy atom. The highest BCUT2D eigenvalue weighted by molar-refractivity contribution is 5.44. The first-order valence-corrected chi connectivity index (χ1v) is 7.17. The van der Waals surface area contributed by atoms with Crippen molar-refractivity contribution in [2.24, 2.45) is 0 Å². The Morgan fingerprint density at radius 3 is 2.15 bits per heavy atom. The van der Waals surface area contributed by atoms with Crippen LogP contribution in [0.5, 0.6) is 11.5 Å². The summed E-state index contributed by atoms with van der Waals surface area (Å²) in [6.07, 6.45) is 1.05. The van der Waals surface area contributed by atoms with Gasteiger partial charge in [-0.1, -0.05) is 19.9 Å². The maximum absolute atomic E-state index is 5.52. The molecule has 0 saturated carbocycles. The Kier molecular flexibility index (Phi) is 5.46. The topological polar surface area (TPSA) is 30.5 Å². The fourth-order valence-corrected chi connectivity index (χ4v) is 2.24. The van der Waals surface area contributed by atoms with E-state index in [2.05, 4.69) is 46.0 Å². The molecule has 0 aliphatic rings. The van der Waals surface area contributed by atoms with Crippen molar-refractivity contribution in [3.63, 3.8) is 0 Å². The van der Waals surface area contributed by atoms with E-state index in [1.54, 1.807) is 14.2 Å². The van der Waals surface area contributed by atoms with E-state index in [-0.39, 0.29) is 11.0 Å². The van der Waals surface area contributed by atoms with Gasteiger partial charge in [-0.2, -0.15) is 0 Å². The summed E-state index contributed by atoms with van der Waals surface area (Å²) in [6, 6.07) is 6.06. The van der Waals surface area contributed by atoms with Crippen molar-refractivity contribution in [3.05, 3.63) is 23.8 Å². The van der Waals surface area contributed by atoms with E-state index >= 15 is 0 Å². The maximum Gasteiger partial charge on any atom is 0.126 e. The molecule has 0 spiro atoms. The van der Waals surface area contributed by atoms with Crippen molar-refractivity contribution in [1.29, 1.82) is 0 Å². The van der Waals surface area contributed by atoms with Crippen LogP contribution in [-0.2, 0) is 5.41 Å². The van der Waals surface area contributed by atoms with Crippen LogP contribution in [0.25, 0.3) is 0 Å². The molecule has 3 heteroatoms. The third-order valence-corrected chi connectivity index (χ3v) is 3.54. The van der Waals surface area contributed by atoms with Gasteiger partial charge in [0.1, 0.15) is 11.5 Å². The fourth-order valence-electron chi connectivity index (χ4n) is 2.24. The first-order valence-electron chi connectivity index (χ1n) is 7.17. The number of ether oxygens (including phenoxy) is 2. The van der Waals surface area contributed by atoms with Gasteiger partial charge < -0.3 is 14.8 Å². The molecular formula is C17H29NO2. The van der Waals surface area contributed by atoms with Crippen LogP contribution in [0.1, 0.15) is 46.6 Å². The number of methoxy groups -OCH3 is 2. The van der Waals surface area contributed by atoms with E-state index in [0.717, 1.165) is 24.5 Å². The molecule has 1 N–H and O–H groups in total. The van der Waals surface area contributed by atoms with Crippen molar-refractivity contribution in [2.75, 3.05) is 20.8 Å². The lowest BCUT2D eigenvalue weighted by Crippen LogP contribution is -2.38. The van der Waals surface area contributed by atoms with Crippen LogP contribution in [0.2, 0.25) is 0 Å². The summed E-state index contributed by atoms with van der Waals surface area (Å²) in [5.74, 6) is 1.72. The number of rotatable bonds is 6. The second-order valence-electron chi connectivity index (χ2n) is 6.88. The molecule has 0 aromatic heterocycles. The first-order chi connectivity index (χ1) is 9.19. The molecule has 0 fully saturated rings. The second-order valence-corrected chi connectivity index (χ2v) is 6.88. The van der Waals surface area contributed by atoms with Crippen LogP contribution in [0.4, 0.5) is 0 Å². The monoisotopic (exact) mass is 279 g/mol. The molecule has 1 aromatic rings. The summed E-state index contributed by atoms with van der Waals surface area (Å²) in [7, 11) is 3.38. The number of benzene rings is 1. The molecule has 114 valence electrons. The van der Waals surface area contributed by atoms with Gasteiger partial charge in [-0.15, -0.1) is 0 Å². The van der Waals surface area contributed by atoms with Gasteiger partial charge in [0.25, 0.3) is 0 Å². The summed E-state index contributed by atoms with van der Waals surface area (Å²) in [4.78, 5) is 0. The number of hydrogen-bond acceptors (Lipinski definition) is 3. The molecule has 0 radical (unpaired) electrons. The molecule has 0 amide bonds. The molecule has 0 unspecified atom stereocenters. The normalized spacial score (nSPS) is 12.3. The highest BCUT2D eigenvalue weighted by Crippen LogP contribution is 2.36. The van der Waals surface area contributed by atoms with Gasteiger partial charge in [0.05, 0.1) is 14.2 Å². The highest BCUT2D eigenvalue weighted by atomic mass is 16.5. The second kappa shape index (κ2) is 6.49. The predicted molar refractivity (Wildman–Crippen MR) is 84.9 cm³/mol. The van der Waals surface area contributed by atoms with E-state index < -0.39 is 0 Å². The van der Waals surface area contributed by atoms with E-state index in [0.29, 0.717) is 0 Å². The zero-order valence-electron chi connectivity index (χ0n) is 14.0. The van der Waals surface area contributed by atoms with Crippen LogP contribution in [0.3, 0.4) is 0 Å². The van der Waals surface area contributed by atoms with Gasteiger partial charge in [0.2, 0.25) is 0 Å². The van der Waals surface area contributed by atoms with Crippen molar-refractivity contribution in [3.8, 4) is 11.5 Å². The van der Waals surface area contributed by atoms with Crippen LogP contribution in [0.15, 0.2) is 18.2 Å². The van der Waals surface area contributed by atoms with Crippen molar-refractivity contribution >= 4 is 0 Å². The summed E-state index contributed by atoms with van der Waals surface area (Å²) >= 11 is 0. The van der Waals surface area contributed by atoms with Crippen LogP contribution in [0, 0.1) is 0 Å². The Bertz CT molecular complexity index is 433. The quantitative estimate of drug-likeness (QED) is 0.860. The Hall–Kier alpha value is -1.22. The summed E-state index contributed by atoms with van der Waals surface area (Å²) in [6.45, 7) is 12.0. The third kappa shape index (κ3) is 4.71.